The number of thiophene rings is 1. The van der Waals surface area contributed by atoms with Crippen molar-refractivity contribution in [3.8, 4) is 27.9 Å². The molecule has 0 atom stereocenters. The van der Waals surface area contributed by atoms with Gasteiger partial charge in [-0.3, -0.25) is 0 Å². The minimum absolute atomic E-state index is 0.920. The van der Waals surface area contributed by atoms with Gasteiger partial charge in [0.1, 0.15) is 11.2 Å². The summed E-state index contributed by atoms with van der Waals surface area (Å²) in [5.74, 6) is 0. The Balaban J connectivity index is 1.37. The highest BCUT2D eigenvalue weighted by atomic mass is 32.1. The lowest BCUT2D eigenvalue weighted by Crippen LogP contribution is -1.94. The van der Waals surface area contributed by atoms with E-state index in [1.807, 2.05) is 11.3 Å². The number of aromatic nitrogens is 1. The maximum absolute atomic E-state index is 6.61. The van der Waals surface area contributed by atoms with Crippen molar-refractivity contribution in [2.45, 2.75) is 0 Å². The van der Waals surface area contributed by atoms with Crippen molar-refractivity contribution in [3.63, 3.8) is 0 Å². The van der Waals surface area contributed by atoms with E-state index in [4.69, 9.17) is 4.42 Å². The third-order valence-corrected chi connectivity index (χ3v) is 10.4. The first-order chi connectivity index (χ1) is 22.3. The molecule has 0 aliphatic rings. The summed E-state index contributed by atoms with van der Waals surface area (Å²) in [6.07, 6.45) is 0. The van der Waals surface area contributed by atoms with Gasteiger partial charge in [-0.15, -0.1) is 11.3 Å². The van der Waals surface area contributed by atoms with Gasteiger partial charge in [-0.2, -0.15) is 0 Å². The van der Waals surface area contributed by atoms with E-state index in [0.29, 0.717) is 0 Å². The fourth-order valence-corrected chi connectivity index (χ4v) is 8.32. The van der Waals surface area contributed by atoms with E-state index >= 15 is 0 Å². The average molecular weight is 592 g/mol. The van der Waals surface area contributed by atoms with E-state index in [-0.39, 0.29) is 0 Å². The zero-order chi connectivity index (χ0) is 29.5. The van der Waals surface area contributed by atoms with Crippen molar-refractivity contribution in [1.29, 1.82) is 0 Å². The Morgan fingerprint density at radius 1 is 0.444 bits per heavy atom. The molecule has 0 aliphatic carbocycles. The number of nitrogens with zero attached hydrogens (tertiary/aromatic N) is 1. The van der Waals surface area contributed by atoms with Gasteiger partial charge in [0.25, 0.3) is 0 Å². The van der Waals surface area contributed by atoms with Gasteiger partial charge in [0.2, 0.25) is 0 Å². The van der Waals surface area contributed by atoms with E-state index in [0.717, 1.165) is 21.9 Å². The van der Waals surface area contributed by atoms with E-state index in [2.05, 4.69) is 156 Å². The molecule has 2 nitrogen and oxygen atoms in total. The second-order valence-corrected chi connectivity index (χ2v) is 12.8. The molecule has 0 unspecified atom stereocenters. The molecule has 0 saturated heterocycles. The van der Waals surface area contributed by atoms with Crippen LogP contribution in [-0.2, 0) is 0 Å². The van der Waals surface area contributed by atoms with Crippen molar-refractivity contribution in [1.82, 2.24) is 4.57 Å². The highest BCUT2D eigenvalue weighted by molar-refractivity contribution is 7.26. The fourth-order valence-electron chi connectivity index (χ4n) is 7.12. The molecule has 0 bridgehead atoms. The highest BCUT2D eigenvalue weighted by Crippen LogP contribution is 2.47. The van der Waals surface area contributed by atoms with E-state index in [9.17, 15) is 0 Å². The summed E-state index contributed by atoms with van der Waals surface area (Å²) in [4.78, 5) is 0. The van der Waals surface area contributed by atoms with E-state index < -0.39 is 0 Å². The zero-order valence-corrected chi connectivity index (χ0v) is 25.0. The first kappa shape index (κ1) is 24.8. The van der Waals surface area contributed by atoms with Gasteiger partial charge in [-0.1, -0.05) is 109 Å². The van der Waals surface area contributed by atoms with Gasteiger partial charge in [0.05, 0.1) is 21.4 Å². The van der Waals surface area contributed by atoms with Crippen molar-refractivity contribution in [2.75, 3.05) is 0 Å². The Morgan fingerprint density at radius 2 is 1.02 bits per heavy atom. The molecular weight excluding hydrogens is 567 g/mol. The molecule has 0 amide bonds. The number of rotatable bonds is 3. The van der Waals surface area contributed by atoms with Crippen LogP contribution in [0.25, 0.3) is 91.9 Å². The van der Waals surface area contributed by atoms with Crippen molar-refractivity contribution < 1.29 is 4.42 Å². The maximum Gasteiger partial charge on any atom is 0.144 e. The number of hydrogen-bond acceptors (Lipinski definition) is 2. The molecule has 210 valence electrons. The molecule has 10 rings (SSSR count). The van der Waals surface area contributed by atoms with Gasteiger partial charge >= 0.3 is 0 Å². The number of benzene rings is 7. The van der Waals surface area contributed by atoms with Crippen LogP contribution in [0.4, 0.5) is 0 Å². The van der Waals surface area contributed by atoms with Crippen LogP contribution < -0.4 is 0 Å². The van der Waals surface area contributed by atoms with Gasteiger partial charge in [0.15, 0.2) is 0 Å². The van der Waals surface area contributed by atoms with Gasteiger partial charge < -0.3 is 8.98 Å². The van der Waals surface area contributed by atoms with Gasteiger partial charge in [0, 0.05) is 37.0 Å². The number of furan rings is 1. The van der Waals surface area contributed by atoms with Gasteiger partial charge in [-0.05, 0) is 64.7 Å². The van der Waals surface area contributed by atoms with Crippen LogP contribution in [0.1, 0.15) is 0 Å². The maximum atomic E-state index is 6.61. The average Bonchev–Trinajstić information content (AvgIpc) is 3.78. The minimum atomic E-state index is 0.920. The molecule has 3 aromatic heterocycles. The van der Waals surface area contributed by atoms with Crippen LogP contribution in [0.3, 0.4) is 0 Å². The molecule has 0 spiro atoms. The number of para-hydroxylation sites is 1. The highest BCUT2D eigenvalue weighted by Gasteiger charge is 2.22. The summed E-state index contributed by atoms with van der Waals surface area (Å²) in [6, 6.07) is 54.7. The fraction of sp³-hybridized carbons (Fsp3) is 0. The molecule has 0 radical (unpaired) electrons. The van der Waals surface area contributed by atoms with E-state index in [1.165, 1.54) is 69.9 Å². The molecule has 0 fully saturated rings. The van der Waals surface area contributed by atoms with Crippen molar-refractivity contribution in [2.24, 2.45) is 0 Å². The van der Waals surface area contributed by atoms with E-state index in [1.54, 1.807) is 0 Å². The minimum Gasteiger partial charge on any atom is -0.455 e. The van der Waals surface area contributed by atoms with Crippen LogP contribution >= 0.6 is 11.3 Å². The lowest BCUT2D eigenvalue weighted by molar-refractivity contribution is 0.673. The normalized spacial score (nSPS) is 12.0. The van der Waals surface area contributed by atoms with Crippen LogP contribution in [0.2, 0.25) is 0 Å². The Labute approximate surface area is 263 Å². The van der Waals surface area contributed by atoms with Crippen LogP contribution in [0, 0.1) is 0 Å². The molecule has 7 aromatic carbocycles. The molecule has 10 aromatic rings. The second kappa shape index (κ2) is 9.43. The molecule has 0 saturated carbocycles. The number of hydrogen-bond donors (Lipinski definition) is 0. The molecule has 0 aliphatic heterocycles. The number of fused-ring (bicyclic) bond motifs is 10. The van der Waals surface area contributed by atoms with Gasteiger partial charge in [-0.25, -0.2) is 0 Å². The predicted molar refractivity (Wildman–Crippen MR) is 192 cm³/mol. The summed E-state index contributed by atoms with van der Waals surface area (Å²) in [7, 11) is 0. The largest absolute Gasteiger partial charge is 0.455 e. The van der Waals surface area contributed by atoms with Crippen molar-refractivity contribution in [3.05, 3.63) is 152 Å². The molecule has 45 heavy (non-hydrogen) atoms. The Hall–Kier alpha value is -5.64. The summed E-state index contributed by atoms with van der Waals surface area (Å²) in [5.41, 5.74) is 10.3. The second-order valence-electron chi connectivity index (χ2n) is 11.7. The first-order valence-electron chi connectivity index (χ1n) is 15.3. The third-order valence-electron chi connectivity index (χ3n) is 9.19. The lowest BCUT2D eigenvalue weighted by atomic mass is 10.0. The van der Waals surface area contributed by atoms with Crippen LogP contribution in [-0.4, -0.2) is 4.57 Å². The van der Waals surface area contributed by atoms with Crippen LogP contribution in [0.15, 0.2) is 156 Å². The molecular formula is C42H25NOS. The summed E-state index contributed by atoms with van der Waals surface area (Å²) < 4.78 is 11.6. The Bertz CT molecular complexity index is 2650. The van der Waals surface area contributed by atoms with Crippen LogP contribution in [0.5, 0.6) is 0 Å². The SMILES string of the molecule is c1ccc(-c2ccc3c(c2)c2cc(-c4ccccc4)ccc2n3-c2cc3c4ccccc4oc3c3c2sc2ccccc23)cc1. The topological polar surface area (TPSA) is 18.1 Å². The first-order valence-corrected chi connectivity index (χ1v) is 16.1. The summed E-state index contributed by atoms with van der Waals surface area (Å²) in [5, 5.41) is 7.21. The monoisotopic (exact) mass is 591 g/mol. The molecule has 0 N–H and O–H groups in total. The summed E-state index contributed by atoms with van der Waals surface area (Å²) >= 11 is 1.85. The van der Waals surface area contributed by atoms with Crippen molar-refractivity contribution >= 4 is 75.3 Å². The zero-order valence-electron chi connectivity index (χ0n) is 24.2. The molecule has 3 heteroatoms. The Kier molecular flexibility index (Phi) is 5.19. The molecule has 3 heterocycles. The standard InChI is InChI=1S/C42H25NOS/c1-3-11-26(12-4-1)28-19-21-35-32(23-28)33-24-29(27-13-5-2-6-14-27)20-22-36(33)43(35)37-25-34-30-15-7-9-17-38(30)44-41(34)40-31-16-8-10-18-39(31)45-42(37)40/h1-25H. The summed E-state index contributed by atoms with van der Waals surface area (Å²) in [6.45, 7) is 0. The quantitative estimate of drug-likeness (QED) is 0.200. The Morgan fingerprint density at radius 3 is 1.69 bits per heavy atom. The predicted octanol–water partition coefficient (Wildman–Crippen LogP) is 12.4. The smallest absolute Gasteiger partial charge is 0.144 e. The third kappa shape index (κ3) is 3.62. The lowest BCUT2D eigenvalue weighted by Gasteiger charge is -2.11.